The topological polar surface area (TPSA) is 59.5 Å². The molecule has 1 aromatic rings. The van der Waals surface area contributed by atoms with Crippen LogP contribution >= 0.6 is 0 Å². The number of carbonyl (C=O) groups excluding carboxylic acids is 2. The standard InChI is InChI=1S/C15H18N2O3/c1-20-15(19)13-10-6-2-3-8-12(10)17(13)14(18)11-7-4-5-9-16-11/h4-5,7,9-10,12-13H,2-3,6,8H2,1H3/t10?,12?,13-/m0/s1. The summed E-state index contributed by atoms with van der Waals surface area (Å²) in [5.41, 5.74) is 0.394. The van der Waals surface area contributed by atoms with E-state index in [1.165, 1.54) is 7.11 Å². The zero-order chi connectivity index (χ0) is 14.1. The first-order valence-electron chi connectivity index (χ1n) is 7.05. The van der Waals surface area contributed by atoms with Gasteiger partial charge in [-0.15, -0.1) is 0 Å². The van der Waals surface area contributed by atoms with E-state index in [9.17, 15) is 9.59 Å². The van der Waals surface area contributed by atoms with E-state index in [1.807, 2.05) is 0 Å². The Morgan fingerprint density at radius 2 is 2.10 bits per heavy atom. The van der Waals surface area contributed by atoms with Crippen LogP contribution in [0.25, 0.3) is 0 Å². The predicted molar refractivity (Wildman–Crippen MR) is 72.0 cm³/mol. The van der Waals surface area contributed by atoms with Crippen LogP contribution in [-0.4, -0.2) is 41.0 Å². The highest BCUT2D eigenvalue weighted by Gasteiger charge is 2.55. The van der Waals surface area contributed by atoms with Gasteiger partial charge in [-0.1, -0.05) is 18.9 Å². The van der Waals surface area contributed by atoms with Crippen LogP contribution < -0.4 is 0 Å². The van der Waals surface area contributed by atoms with E-state index in [0.717, 1.165) is 25.7 Å². The van der Waals surface area contributed by atoms with Gasteiger partial charge in [0.2, 0.25) is 0 Å². The predicted octanol–water partition coefficient (Wildman–Crippen LogP) is 1.64. The van der Waals surface area contributed by atoms with Crippen LogP contribution in [0.15, 0.2) is 24.4 Å². The molecular weight excluding hydrogens is 256 g/mol. The lowest BCUT2D eigenvalue weighted by Crippen LogP contribution is -2.69. The molecule has 1 aliphatic carbocycles. The Kier molecular flexibility index (Phi) is 3.42. The van der Waals surface area contributed by atoms with Crippen molar-refractivity contribution in [3.63, 3.8) is 0 Å². The molecule has 2 unspecified atom stereocenters. The zero-order valence-corrected chi connectivity index (χ0v) is 11.5. The third kappa shape index (κ3) is 1.97. The first-order chi connectivity index (χ1) is 9.74. The van der Waals surface area contributed by atoms with Crippen LogP contribution in [0.3, 0.4) is 0 Å². The highest BCUT2D eigenvalue weighted by atomic mass is 16.5. The average Bonchev–Trinajstić information content (AvgIpc) is 2.49. The Bertz CT molecular complexity index is 517. The maximum atomic E-state index is 12.6. The van der Waals surface area contributed by atoms with Gasteiger partial charge in [0.05, 0.1) is 7.11 Å². The van der Waals surface area contributed by atoms with Crippen molar-refractivity contribution in [2.45, 2.75) is 37.8 Å². The minimum absolute atomic E-state index is 0.163. The summed E-state index contributed by atoms with van der Waals surface area (Å²) in [6.45, 7) is 0. The molecular formula is C15H18N2O3. The number of amides is 1. The van der Waals surface area contributed by atoms with Gasteiger partial charge in [0, 0.05) is 18.2 Å². The molecule has 3 rings (SSSR count). The maximum Gasteiger partial charge on any atom is 0.328 e. The Hall–Kier alpha value is -1.91. The van der Waals surface area contributed by atoms with Gasteiger partial charge in [0.15, 0.2) is 0 Å². The maximum absolute atomic E-state index is 12.6. The molecule has 1 aliphatic heterocycles. The first-order valence-corrected chi connectivity index (χ1v) is 7.05. The van der Waals surface area contributed by atoms with Crippen molar-refractivity contribution in [1.82, 2.24) is 9.88 Å². The molecule has 2 fully saturated rings. The fourth-order valence-electron chi connectivity index (χ4n) is 3.47. The van der Waals surface area contributed by atoms with Crippen molar-refractivity contribution in [3.8, 4) is 0 Å². The number of rotatable bonds is 2. The van der Waals surface area contributed by atoms with Gasteiger partial charge in [-0.25, -0.2) is 4.79 Å². The highest BCUT2D eigenvalue weighted by molar-refractivity contribution is 5.97. The number of pyridine rings is 1. The summed E-state index contributed by atoms with van der Waals surface area (Å²) in [4.78, 5) is 30.3. The summed E-state index contributed by atoms with van der Waals surface area (Å²) in [5.74, 6) is -0.217. The molecule has 106 valence electrons. The summed E-state index contributed by atoms with van der Waals surface area (Å²) >= 11 is 0. The second-order valence-corrected chi connectivity index (χ2v) is 5.41. The number of fused-ring (bicyclic) bond motifs is 1. The SMILES string of the molecule is COC(=O)[C@@H]1C2CCCCC2N1C(=O)c1ccccn1. The summed E-state index contributed by atoms with van der Waals surface area (Å²) in [7, 11) is 1.38. The first kappa shape index (κ1) is 13.1. The number of carbonyl (C=O) groups is 2. The van der Waals surface area contributed by atoms with Gasteiger partial charge < -0.3 is 9.64 Å². The Labute approximate surface area is 117 Å². The van der Waals surface area contributed by atoms with Crippen LogP contribution in [-0.2, 0) is 9.53 Å². The molecule has 1 aromatic heterocycles. The monoisotopic (exact) mass is 274 g/mol. The smallest absolute Gasteiger partial charge is 0.328 e. The fourth-order valence-corrected chi connectivity index (χ4v) is 3.47. The molecule has 5 nitrogen and oxygen atoms in total. The number of likely N-dealkylation sites (tertiary alicyclic amines) is 1. The Morgan fingerprint density at radius 3 is 2.80 bits per heavy atom. The molecule has 5 heteroatoms. The van der Waals surface area contributed by atoms with Crippen molar-refractivity contribution >= 4 is 11.9 Å². The van der Waals surface area contributed by atoms with Crippen molar-refractivity contribution in [2.75, 3.05) is 7.11 Å². The number of hydrogen-bond acceptors (Lipinski definition) is 4. The second-order valence-electron chi connectivity index (χ2n) is 5.41. The largest absolute Gasteiger partial charge is 0.467 e. The molecule has 0 N–H and O–H groups in total. The molecule has 3 atom stereocenters. The fraction of sp³-hybridized carbons (Fsp3) is 0.533. The molecule has 0 bridgehead atoms. The van der Waals surface area contributed by atoms with E-state index in [4.69, 9.17) is 4.74 Å². The molecule has 2 aliphatic rings. The summed E-state index contributed by atoms with van der Waals surface area (Å²) < 4.78 is 4.87. The van der Waals surface area contributed by atoms with E-state index in [-0.39, 0.29) is 23.8 Å². The number of aromatic nitrogens is 1. The van der Waals surface area contributed by atoms with Gasteiger partial charge in [0.1, 0.15) is 11.7 Å². The lowest BCUT2D eigenvalue weighted by atomic mass is 9.70. The minimum atomic E-state index is -0.431. The third-order valence-electron chi connectivity index (χ3n) is 4.41. The number of methoxy groups -OCH3 is 1. The quantitative estimate of drug-likeness (QED) is 0.769. The molecule has 1 saturated heterocycles. The van der Waals surface area contributed by atoms with Crippen LogP contribution in [0.2, 0.25) is 0 Å². The van der Waals surface area contributed by atoms with E-state index in [0.29, 0.717) is 5.69 Å². The lowest BCUT2D eigenvalue weighted by Gasteiger charge is -2.55. The number of hydrogen-bond donors (Lipinski definition) is 0. The molecule has 1 amide bonds. The molecule has 20 heavy (non-hydrogen) atoms. The van der Waals surface area contributed by atoms with E-state index < -0.39 is 6.04 Å². The van der Waals surface area contributed by atoms with E-state index in [1.54, 1.807) is 29.3 Å². The van der Waals surface area contributed by atoms with Crippen molar-refractivity contribution in [2.24, 2.45) is 5.92 Å². The molecule has 1 saturated carbocycles. The number of ether oxygens (including phenoxy) is 1. The van der Waals surface area contributed by atoms with Crippen molar-refractivity contribution < 1.29 is 14.3 Å². The summed E-state index contributed by atoms with van der Waals surface area (Å²) in [5, 5.41) is 0. The minimum Gasteiger partial charge on any atom is -0.467 e. The van der Waals surface area contributed by atoms with Crippen LogP contribution in [0.5, 0.6) is 0 Å². The molecule has 0 aromatic carbocycles. The van der Waals surface area contributed by atoms with Crippen LogP contribution in [0, 0.1) is 5.92 Å². The normalized spacial score (nSPS) is 28.2. The van der Waals surface area contributed by atoms with Crippen LogP contribution in [0.4, 0.5) is 0 Å². The molecule has 0 spiro atoms. The molecule has 0 radical (unpaired) electrons. The number of esters is 1. The van der Waals surface area contributed by atoms with Gasteiger partial charge in [0.25, 0.3) is 5.91 Å². The average molecular weight is 274 g/mol. The molecule has 2 heterocycles. The highest BCUT2D eigenvalue weighted by Crippen LogP contribution is 2.43. The summed E-state index contributed by atoms with van der Waals surface area (Å²) in [6, 6.07) is 4.98. The van der Waals surface area contributed by atoms with E-state index >= 15 is 0 Å². The van der Waals surface area contributed by atoms with Crippen molar-refractivity contribution in [1.29, 1.82) is 0 Å². The summed E-state index contributed by atoms with van der Waals surface area (Å²) in [6.07, 6.45) is 5.80. The van der Waals surface area contributed by atoms with Crippen LogP contribution in [0.1, 0.15) is 36.2 Å². The zero-order valence-electron chi connectivity index (χ0n) is 11.5. The Morgan fingerprint density at radius 1 is 1.30 bits per heavy atom. The Balaban J connectivity index is 1.86. The van der Waals surface area contributed by atoms with E-state index in [2.05, 4.69) is 4.98 Å². The van der Waals surface area contributed by atoms with Gasteiger partial charge in [-0.05, 0) is 25.0 Å². The number of nitrogens with zero attached hydrogens (tertiary/aromatic N) is 2. The lowest BCUT2D eigenvalue weighted by molar-refractivity contribution is -0.162. The van der Waals surface area contributed by atoms with Gasteiger partial charge >= 0.3 is 5.97 Å². The third-order valence-corrected chi connectivity index (χ3v) is 4.41. The second kappa shape index (κ2) is 5.23. The van der Waals surface area contributed by atoms with Gasteiger partial charge in [-0.2, -0.15) is 0 Å². The van der Waals surface area contributed by atoms with Crippen molar-refractivity contribution in [3.05, 3.63) is 30.1 Å². The van der Waals surface area contributed by atoms with Gasteiger partial charge in [-0.3, -0.25) is 9.78 Å².